The van der Waals surface area contributed by atoms with Crippen molar-refractivity contribution in [2.45, 2.75) is 18.9 Å². The van der Waals surface area contributed by atoms with Crippen molar-refractivity contribution in [1.82, 2.24) is 15.2 Å². The monoisotopic (exact) mass is 453 g/mol. The molecule has 1 aromatic heterocycles. The second-order valence-corrected chi connectivity index (χ2v) is 7.87. The SMILES string of the molecule is COc1ccc(-c2cnc(CCC(=O)NCC(c3ccc(F)cc3)N3CCOCC3)o2)cc1. The standard InChI is InChI=1S/C25H28FN3O4/c1-31-21-8-4-19(5-9-21)23-17-28-25(33-23)11-10-24(30)27-16-22(29-12-14-32-15-13-29)18-2-6-20(26)7-3-18/h2-9,17,22H,10-16H2,1H3,(H,27,30). The number of ether oxygens (including phenoxy) is 2. The van der Waals surface area contributed by atoms with Crippen LogP contribution in [0, 0.1) is 5.82 Å². The van der Waals surface area contributed by atoms with E-state index < -0.39 is 0 Å². The lowest BCUT2D eigenvalue weighted by molar-refractivity contribution is -0.121. The molecule has 1 aliphatic rings. The second-order valence-electron chi connectivity index (χ2n) is 7.87. The van der Waals surface area contributed by atoms with Gasteiger partial charge in [-0.3, -0.25) is 9.69 Å². The number of hydrogen-bond acceptors (Lipinski definition) is 6. The maximum absolute atomic E-state index is 13.4. The van der Waals surface area contributed by atoms with Crippen LogP contribution in [0.1, 0.15) is 23.9 Å². The number of benzene rings is 2. The van der Waals surface area contributed by atoms with E-state index in [1.807, 2.05) is 24.3 Å². The summed E-state index contributed by atoms with van der Waals surface area (Å²) >= 11 is 0. The van der Waals surface area contributed by atoms with E-state index in [9.17, 15) is 9.18 Å². The number of nitrogens with zero attached hydrogens (tertiary/aromatic N) is 2. The molecule has 0 bridgehead atoms. The van der Waals surface area contributed by atoms with Crippen molar-refractivity contribution in [1.29, 1.82) is 0 Å². The van der Waals surface area contributed by atoms with Gasteiger partial charge in [-0.1, -0.05) is 12.1 Å². The maximum atomic E-state index is 13.4. The third-order valence-electron chi connectivity index (χ3n) is 5.73. The molecule has 1 aliphatic heterocycles. The van der Waals surface area contributed by atoms with Crippen LogP contribution in [0.25, 0.3) is 11.3 Å². The molecule has 0 radical (unpaired) electrons. The number of aryl methyl sites for hydroxylation is 1. The van der Waals surface area contributed by atoms with Crippen LogP contribution in [0.4, 0.5) is 4.39 Å². The van der Waals surface area contributed by atoms with Crippen molar-refractivity contribution < 1.29 is 23.1 Å². The van der Waals surface area contributed by atoms with E-state index in [1.54, 1.807) is 25.4 Å². The van der Waals surface area contributed by atoms with Crippen LogP contribution in [-0.4, -0.2) is 55.7 Å². The molecule has 1 fully saturated rings. The molecule has 0 saturated carbocycles. The molecule has 33 heavy (non-hydrogen) atoms. The Morgan fingerprint density at radius 1 is 1.15 bits per heavy atom. The van der Waals surface area contributed by atoms with Crippen LogP contribution in [0.5, 0.6) is 5.75 Å². The average Bonchev–Trinajstić information content (AvgIpc) is 3.34. The van der Waals surface area contributed by atoms with E-state index in [0.717, 1.165) is 30.0 Å². The normalized spacial score (nSPS) is 15.2. The summed E-state index contributed by atoms with van der Waals surface area (Å²) in [6, 6.07) is 13.9. The zero-order valence-electron chi connectivity index (χ0n) is 18.6. The van der Waals surface area contributed by atoms with Crippen LogP contribution >= 0.6 is 0 Å². The quantitative estimate of drug-likeness (QED) is 0.533. The third kappa shape index (κ3) is 6.18. The van der Waals surface area contributed by atoms with Crippen LogP contribution in [-0.2, 0) is 16.0 Å². The maximum Gasteiger partial charge on any atom is 0.220 e. The molecule has 1 atom stereocenters. The van der Waals surface area contributed by atoms with Crippen LogP contribution in [0.2, 0.25) is 0 Å². The van der Waals surface area contributed by atoms with E-state index in [4.69, 9.17) is 13.9 Å². The molecule has 3 aromatic rings. The topological polar surface area (TPSA) is 76.8 Å². The molecule has 174 valence electrons. The summed E-state index contributed by atoms with van der Waals surface area (Å²) < 4.78 is 29.8. The lowest BCUT2D eigenvalue weighted by Crippen LogP contribution is -2.43. The minimum Gasteiger partial charge on any atom is -0.497 e. The molecule has 4 rings (SSSR count). The van der Waals surface area contributed by atoms with E-state index in [1.165, 1.54) is 12.1 Å². The molecule has 8 heteroatoms. The third-order valence-corrected chi connectivity index (χ3v) is 5.73. The highest BCUT2D eigenvalue weighted by Crippen LogP contribution is 2.24. The van der Waals surface area contributed by atoms with Crippen LogP contribution in [0.15, 0.2) is 59.1 Å². The first kappa shape index (κ1) is 22.9. The molecule has 2 aromatic carbocycles. The fourth-order valence-electron chi connectivity index (χ4n) is 3.87. The summed E-state index contributed by atoms with van der Waals surface area (Å²) in [5, 5.41) is 3.02. The summed E-state index contributed by atoms with van der Waals surface area (Å²) in [5.41, 5.74) is 1.86. The smallest absolute Gasteiger partial charge is 0.220 e. The Hall–Kier alpha value is -3.23. The number of aromatic nitrogens is 1. The van der Waals surface area contributed by atoms with E-state index in [2.05, 4.69) is 15.2 Å². The first-order valence-electron chi connectivity index (χ1n) is 11.1. The number of carbonyl (C=O) groups is 1. The fourth-order valence-corrected chi connectivity index (χ4v) is 3.87. The molecule has 0 aliphatic carbocycles. The van der Waals surface area contributed by atoms with Gasteiger partial charge in [0.05, 0.1) is 32.6 Å². The number of hydrogen-bond donors (Lipinski definition) is 1. The van der Waals surface area contributed by atoms with Crippen molar-refractivity contribution in [3.8, 4) is 17.1 Å². The molecule has 2 heterocycles. The van der Waals surface area contributed by atoms with Gasteiger partial charge in [0.1, 0.15) is 11.6 Å². The predicted octanol–water partition coefficient (Wildman–Crippen LogP) is 3.61. The van der Waals surface area contributed by atoms with Gasteiger partial charge in [0.2, 0.25) is 5.91 Å². The first-order chi connectivity index (χ1) is 16.1. The van der Waals surface area contributed by atoms with Gasteiger partial charge in [-0.2, -0.15) is 0 Å². The van der Waals surface area contributed by atoms with Gasteiger partial charge in [-0.25, -0.2) is 9.37 Å². The van der Waals surface area contributed by atoms with Gasteiger partial charge in [0, 0.05) is 38.0 Å². The van der Waals surface area contributed by atoms with Crippen molar-refractivity contribution >= 4 is 5.91 Å². The van der Waals surface area contributed by atoms with Gasteiger partial charge in [0.15, 0.2) is 11.7 Å². The molecular formula is C25H28FN3O4. The average molecular weight is 454 g/mol. The highest BCUT2D eigenvalue weighted by molar-refractivity contribution is 5.76. The van der Waals surface area contributed by atoms with Gasteiger partial charge >= 0.3 is 0 Å². The summed E-state index contributed by atoms with van der Waals surface area (Å²) in [4.78, 5) is 19.1. The molecular weight excluding hydrogens is 425 g/mol. The fraction of sp³-hybridized carbons (Fsp3) is 0.360. The first-order valence-corrected chi connectivity index (χ1v) is 11.1. The number of oxazole rings is 1. The van der Waals surface area contributed by atoms with Crippen molar-refractivity contribution in [3.05, 3.63) is 72.0 Å². The predicted molar refractivity (Wildman–Crippen MR) is 121 cm³/mol. The Labute approximate surface area is 192 Å². The zero-order chi connectivity index (χ0) is 23.0. The Bertz CT molecular complexity index is 1030. The Morgan fingerprint density at radius 2 is 1.88 bits per heavy atom. The summed E-state index contributed by atoms with van der Waals surface area (Å²) in [5.74, 6) is 1.57. The summed E-state index contributed by atoms with van der Waals surface area (Å²) in [6.45, 7) is 3.26. The number of amides is 1. The Balaban J connectivity index is 1.31. The lowest BCUT2D eigenvalue weighted by Gasteiger charge is -2.35. The largest absolute Gasteiger partial charge is 0.497 e. The molecule has 1 N–H and O–H groups in total. The van der Waals surface area contributed by atoms with E-state index in [0.29, 0.717) is 37.8 Å². The number of carbonyl (C=O) groups excluding carboxylic acids is 1. The van der Waals surface area contributed by atoms with Gasteiger partial charge < -0.3 is 19.2 Å². The van der Waals surface area contributed by atoms with E-state index in [-0.39, 0.29) is 24.2 Å². The van der Waals surface area contributed by atoms with Crippen molar-refractivity contribution in [3.63, 3.8) is 0 Å². The number of methoxy groups -OCH3 is 1. The Kier molecular flexibility index (Phi) is 7.70. The summed E-state index contributed by atoms with van der Waals surface area (Å²) in [6.07, 6.45) is 2.33. The minimum absolute atomic E-state index is 0.0399. The number of nitrogens with one attached hydrogen (secondary N) is 1. The highest BCUT2D eigenvalue weighted by atomic mass is 19.1. The molecule has 0 spiro atoms. The molecule has 1 unspecified atom stereocenters. The summed E-state index contributed by atoms with van der Waals surface area (Å²) in [7, 11) is 1.62. The molecule has 7 nitrogen and oxygen atoms in total. The zero-order valence-corrected chi connectivity index (χ0v) is 18.6. The van der Waals surface area contributed by atoms with Gasteiger partial charge in [0.25, 0.3) is 0 Å². The van der Waals surface area contributed by atoms with Gasteiger partial charge in [-0.15, -0.1) is 0 Å². The van der Waals surface area contributed by atoms with Gasteiger partial charge in [-0.05, 0) is 42.0 Å². The number of morpholine rings is 1. The number of rotatable bonds is 9. The minimum atomic E-state index is -0.275. The van der Waals surface area contributed by atoms with E-state index >= 15 is 0 Å². The Morgan fingerprint density at radius 3 is 2.58 bits per heavy atom. The van der Waals surface area contributed by atoms with Crippen molar-refractivity contribution in [2.75, 3.05) is 40.0 Å². The highest BCUT2D eigenvalue weighted by Gasteiger charge is 2.23. The van der Waals surface area contributed by atoms with Crippen LogP contribution in [0.3, 0.4) is 0 Å². The van der Waals surface area contributed by atoms with Crippen LogP contribution < -0.4 is 10.1 Å². The molecule has 1 amide bonds. The molecule has 1 saturated heterocycles. The second kappa shape index (κ2) is 11.1. The lowest BCUT2D eigenvalue weighted by atomic mass is 10.0. The van der Waals surface area contributed by atoms with Crippen molar-refractivity contribution in [2.24, 2.45) is 0 Å². The number of halogens is 1.